The highest BCUT2D eigenvalue weighted by molar-refractivity contribution is 5.84. The second kappa shape index (κ2) is 22.8. The fourth-order valence-electron chi connectivity index (χ4n) is 3.11. The van der Waals surface area contributed by atoms with Gasteiger partial charge in [0.2, 0.25) is 0 Å². The first-order valence-electron chi connectivity index (χ1n) is 14.1. The van der Waals surface area contributed by atoms with E-state index >= 15 is 0 Å². The smallest absolute Gasteiger partial charge is 0.413 e. The number of carbonyl (C=O) groups is 8. The fraction of sp³-hybridized carbons (Fsp3) is 0.273. The van der Waals surface area contributed by atoms with Gasteiger partial charge in [0.15, 0.2) is 0 Å². The van der Waals surface area contributed by atoms with Crippen LogP contribution in [0.5, 0.6) is 0 Å². The van der Waals surface area contributed by atoms with Gasteiger partial charge >= 0.3 is 48.0 Å². The van der Waals surface area contributed by atoms with Crippen LogP contribution in [-0.2, 0) is 66.7 Å². The molecule has 2 N–H and O–H groups in total. The minimum absolute atomic E-state index is 0.389. The molecule has 0 aromatic heterocycles. The van der Waals surface area contributed by atoms with E-state index in [1.165, 1.54) is 0 Å². The van der Waals surface area contributed by atoms with Crippen molar-refractivity contribution in [1.82, 2.24) is 10.6 Å². The zero-order chi connectivity index (χ0) is 39.0. The maximum atomic E-state index is 12.9. The van der Waals surface area contributed by atoms with E-state index < -0.39 is 105 Å². The number of hydrogen-bond donors (Lipinski definition) is 2. The Balaban J connectivity index is 5.91. The van der Waals surface area contributed by atoms with Crippen molar-refractivity contribution in [2.24, 2.45) is 0 Å². The van der Waals surface area contributed by atoms with Crippen LogP contribution < -0.4 is 10.6 Å². The largest absolute Gasteiger partial charge is 0.460 e. The number of esters is 6. The monoisotopic (exact) mass is 718 g/mol. The summed E-state index contributed by atoms with van der Waals surface area (Å²) in [5.74, 6) is -6.47. The van der Waals surface area contributed by atoms with Crippen LogP contribution >= 0.6 is 0 Å². The number of hydrogen-bond acceptors (Lipinski definition) is 16. The van der Waals surface area contributed by atoms with Crippen LogP contribution in [0, 0.1) is 0 Å². The van der Waals surface area contributed by atoms with E-state index in [1.54, 1.807) is 0 Å². The normalized spacial score (nSPS) is 10.2. The summed E-state index contributed by atoms with van der Waals surface area (Å²) >= 11 is 0. The minimum Gasteiger partial charge on any atom is -0.460 e. The Morgan fingerprint density at radius 3 is 0.784 bits per heavy atom. The number of carbonyl (C=O) groups excluding carboxylic acids is 8. The Morgan fingerprint density at radius 2 is 0.608 bits per heavy atom. The van der Waals surface area contributed by atoms with E-state index in [-0.39, 0.29) is 11.5 Å². The van der Waals surface area contributed by atoms with Gasteiger partial charge in [0, 0.05) is 36.5 Å². The molecule has 0 aliphatic rings. The summed E-state index contributed by atoms with van der Waals surface area (Å²) in [7, 11) is 0. The lowest BCUT2D eigenvalue weighted by Gasteiger charge is -2.32. The lowest BCUT2D eigenvalue weighted by Crippen LogP contribution is -2.59. The molecule has 0 saturated carbocycles. The van der Waals surface area contributed by atoms with Crippen LogP contribution in [-0.4, -0.2) is 98.7 Å². The van der Waals surface area contributed by atoms with Crippen molar-refractivity contribution in [3.63, 3.8) is 0 Å². The van der Waals surface area contributed by atoms with Crippen molar-refractivity contribution < 1.29 is 76.3 Å². The van der Waals surface area contributed by atoms with Gasteiger partial charge in [-0.15, -0.1) is 0 Å². The molecule has 18 heteroatoms. The van der Waals surface area contributed by atoms with Gasteiger partial charge in [-0.1, -0.05) is 52.6 Å². The van der Waals surface area contributed by atoms with Crippen molar-refractivity contribution in [3.05, 3.63) is 101 Å². The molecule has 0 heterocycles. The summed E-state index contributed by atoms with van der Waals surface area (Å²) in [5.41, 5.74) is -3.85. The van der Waals surface area contributed by atoms with Gasteiger partial charge in [0.25, 0.3) is 0 Å². The summed E-state index contributed by atoms with van der Waals surface area (Å²) < 4.78 is 40.1. The predicted molar refractivity (Wildman–Crippen MR) is 175 cm³/mol. The van der Waals surface area contributed by atoms with Crippen LogP contribution in [0.2, 0.25) is 0 Å². The zero-order valence-electron chi connectivity index (χ0n) is 27.6. The predicted octanol–water partition coefficient (Wildman–Crippen LogP) is 1.71. The molecule has 0 aliphatic heterocycles. The summed E-state index contributed by atoms with van der Waals surface area (Å²) in [5, 5.41) is 4.55. The van der Waals surface area contributed by atoms with Crippen LogP contribution in [0.3, 0.4) is 0 Å². The third-order valence-corrected chi connectivity index (χ3v) is 5.55. The van der Waals surface area contributed by atoms with Crippen molar-refractivity contribution in [2.45, 2.75) is 17.5 Å². The topological polar surface area (TPSA) is 234 Å². The average Bonchev–Trinajstić information content (AvgIpc) is 3.10. The minimum atomic E-state index is -1.93. The van der Waals surface area contributed by atoms with Crippen molar-refractivity contribution in [3.8, 4) is 0 Å². The van der Waals surface area contributed by atoms with Crippen molar-refractivity contribution in [2.75, 3.05) is 39.6 Å². The molecule has 0 unspecified atom stereocenters. The molecule has 0 aromatic rings. The molecule has 0 saturated heterocycles. The quantitative estimate of drug-likeness (QED) is 0.0625. The molecule has 0 spiro atoms. The lowest BCUT2D eigenvalue weighted by atomic mass is 10.0. The maximum absolute atomic E-state index is 12.9. The first kappa shape index (κ1) is 44.3. The summed E-state index contributed by atoms with van der Waals surface area (Å²) in [6, 6.07) is 0. The SMILES string of the molecule is C=CC(=O)OCC(COC(=O)C=C)(COC(=O)C=C)NC(=O)OC(=C)CC(=C)OC(=O)NC(COC(=O)C=C)(COC(=O)C=C)COC(=O)C=C. The number of alkyl carbamates (subject to hydrolysis) is 2. The highest BCUT2D eigenvalue weighted by Crippen LogP contribution is 2.16. The summed E-state index contributed by atoms with van der Waals surface area (Å²) in [6.07, 6.45) is 1.70. The first-order chi connectivity index (χ1) is 24.0. The molecule has 0 rings (SSSR count). The number of amides is 2. The van der Waals surface area contributed by atoms with E-state index in [2.05, 4.69) is 63.3 Å². The number of nitrogens with one attached hydrogen (secondary N) is 2. The summed E-state index contributed by atoms with van der Waals surface area (Å²) in [6.45, 7) is 22.2. The van der Waals surface area contributed by atoms with E-state index in [9.17, 15) is 38.4 Å². The van der Waals surface area contributed by atoms with Gasteiger partial charge in [-0.05, 0) is 0 Å². The molecule has 0 aliphatic carbocycles. The first-order valence-corrected chi connectivity index (χ1v) is 14.1. The van der Waals surface area contributed by atoms with Crippen LogP contribution in [0.15, 0.2) is 101 Å². The lowest BCUT2D eigenvalue weighted by molar-refractivity contribution is -0.152. The van der Waals surface area contributed by atoms with Crippen molar-refractivity contribution in [1.29, 1.82) is 0 Å². The number of ether oxygens (including phenoxy) is 8. The van der Waals surface area contributed by atoms with Crippen LogP contribution in [0.25, 0.3) is 0 Å². The van der Waals surface area contributed by atoms with E-state index in [0.29, 0.717) is 0 Å². The van der Waals surface area contributed by atoms with Crippen LogP contribution in [0.1, 0.15) is 6.42 Å². The fourth-order valence-corrected chi connectivity index (χ4v) is 3.11. The van der Waals surface area contributed by atoms with Gasteiger partial charge in [0.1, 0.15) is 62.2 Å². The highest BCUT2D eigenvalue weighted by atomic mass is 16.6. The van der Waals surface area contributed by atoms with Gasteiger partial charge in [-0.3, -0.25) is 0 Å². The molecule has 276 valence electrons. The standard InChI is InChI=1S/C33H38N2O16/c1-9-24(36)44-16-32(17-45-25(37)10-2,18-46-26(38)11-3)34-30(42)50-22(7)15-23(8)51-31(43)35-33(19-47-27(39)12-4,20-48-28(40)13-5)21-49-29(41)14-6/h9-14H,1-8,15-21H2,(H,34,42)(H,35,43). The molecule has 0 fully saturated rings. The molecule has 18 nitrogen and oxygen atoms in total. The molecule has 0 atom stereocenters. The molecule has 0 radical (unpaired) electrons. The Morgan fingerprint density at radius 1 is 0.412 bits per heavy atom. The Labute approximate surface area is 292 Å². The molecule has 0 aromatic carbocycles. The van der Waals surface area contributed by atoms with Crippen LogP contribution in [0.4, 0.5) is 9.59 Å². The van der Waals surface area contributed by atoms with Gasteiger partial charge in [-0.2, -0.15) is 0 Å². The third-order valence-electron chi connectivity index (χ3n) is 5.55. The molecular formula is C33H38N2O16. The Hall–Kier alpha value is -6.72. The van der Waals surface area contributed by atoms with Gasteiger partial charge in [0.05, 0.1) is 6.42 Å². The van der Waals surface area contributed by atoms with E-state index in [1.807, 2.05) is 0 Å². The Kier molecular flexibility index (Phi) is 19.8. The van der Waals surface area contributed by atoms with Crippen molar-refractivity contribution >= 4 is 48.0 Å². The molecule has 0 bridgehead atoms. The molecular weight excluding hydrogens is 680 g/mol. The highest BCUT2D eigenvalue weighted by Gasteiger charge is 2.39. The average molecular weight is 719 g/mol. The third kappa shape index (κ3) is 18.4. The maximum Gasteiger partial charge on any atom is 0.413 e. The second-order valence-corrected chi connectivity index (χ2v) is 9.71. The molecule has 51 heavy (non-hydrogen) atoms. The zero-order valence-corrected chi connectivity index (χ0v) is 27.6. The van der Waals surface area contributed by atoms with E-state index in [4.69, 9.17) is 37.9 Å². The van der Waals surface area contributed by atoms with E-state index in [0.717, 1.165) is 36.5 Å². The summed E-state index contributed by atoms with van der Waals surface area (Å²) in [4.78, 5) is 96.4. The molecule has 2 amide bonds. The Bertz CT molecular complexity index is 1220. The second-order valence-electron chi connectivity index (χ2n) is 9.71. The van der Waals surface area contributed by atoms with Gasteiger partial charge < -0.3 is 48.5 Å². The number of rotatable bonds is 24. The van der Waals surface area contributed by atoms with Gasteiger partial charge in [-0.25, -0.2) is 38.4 Å².